The van der Waals surface area contributed by atoms with Crippen molar-refractivity contribution in [1.29, 1.82) is 0 Å². The van der Waals surface area contributed by atoms with Gasteiger partial charge in [0, 0.05) is 26.3 Å². The van der Waals surface area contributed by atoms with Crippen molar-refractivity contribution in [1.82, 2.24) is 9.88 Å². The fraction of sp³-hybridized carbons (Fsp3) is 0.538. The number of carbonyl (C=O) groups is 1. The van der Waals surface area contributed by atoms with Gasteiger partial charge in [-0.2, -0.15) is 0 Å². The minimum absolute atomic E-state index is 0.0335. The lowest BCUT2D eigenvalue weighted by atomic mass is 10.1. The van der Waals surface area contributed by atoms with Crippen LogP contribution in [0.25, 0.3) is 0 Å². The van der Waals surface area contributed by atoms with E-state index in [9.17, 15) is 4.79 Å². The van der Waals surface area contributed by atoms with Crippen LogP contribution in [-0.4, -0.2) is 29.4 Å². The number of pyridine rings is 1. The summed E-state index contributed by atoms with van der Waals surface area (Å²) in [6, 6.07) is 3.58. The highest BCUT2D eigenvalue weighted by Crippen LogP contribution is 2.07. The second-order valence-corrected chi connectivity index (χ2v) is 4.45. The quantitative estimate of drug-likeness (QED) is 0.844. The van der Waals surface area contributed by atoms with Crippen LogP contribution in [-0.2, 0) is 6.54 Å². The van der Waals surface area contributed by atoms with Crippen LogP contribution >= 0.6 is 0 Å². The Kier molecular flexibility index (Phi) is 5.10. The van der Waals surface area contributed by atoms with E-state index in [2.05, 4.69) is 18.8 Å². The SMILES string of the molecule is CCC(C)CN(C)C(=O)c1ccc(CN)cn1. The highest BCUT2D eigenvalue weighted by molar-refractivity contribution is 5.92. The second-order valence-electron chi connectivity index (χ2n) is 4.45. The van der Waals surface area contributed by atoms with E-state index >= 15 is 0 Å². The number of hydrogen-bond acceptors (Lipinski definition) is 3. The van der Waals surface area contributed by atoms with Crippen LogP contribution in [0, 0.1) is 5.92 Å². The molecule has 0 radical (unpaired) electrons. The molecule has 0 saturated heterocycles. The van der Waals surface area contributed by atoms with Gasteiger partial charge in [0.15, 0.2) is 0 Å². The van der Waals surface area contributed by atoms with Crippen molar-refractivity contribution >= 4 is 5.91 Å². The van der Waals surface area contributed by atoms with E-state index in [1.54, 1.807) is 17.2 Å². The number of aromatic nitrogens is 1. The van der Waals surface area contributed by atoms with Gasteiger partial charge in [0.05, 0.1) is 0 Å². The van der Waals surface area contributed by atoms with Crippen molar-refractivity contribution < 1.29 is 4.79 Å². The lowest BCUT2D eigenvalue weighted by Gasteiger charge is -2.20. The van der Waals surface area contributed by atoms with E-state index in [0.29, 0.717) is 18.2 Å². The first-order valence-electron chi connectivity index (χ1n) is 5.99. The first-order chi connectivity index (χ1) is 8.08. The van der Waals surface area contributed by atoms with Gasteiger partial charge in [-0.3, -0.25) is 9.78 Å². The zero-order valence-electron chi connectivity index (χ0n) is 10.8. The van der Waals surface area contributed by atoms with E-state index in [4.69, 9.17) is 5.73 Å². The van der Waals surface area contributed by atoms with Crippen molar-refractivity contribution in [3.63, 3.8) is 0 Å². The second kappa shape index (κ2) is 6.35. The van der Waals surface area contributed by atoms with Crippen molar-refractivity contribution in [2.45, 2.75) is 26.8 Å². The van der Waals surface area contributed by atoms with Gasteiger partial charge in [0.1, 0.15) is 5.69 Å². The molecule has 0 saturated carbocycles. The third kappa shape index (κ3) is 3.82. The molecule has 1 heterocycles. The van der Waals surface area contributed by atoms with Gasteiger partial charge in [-0.25, -0.2) is 0 Å². The van der Waals surface area contributed by atoms with Gasteiger partial charge in [-0.05, 0) is 17.5 Å². The molecule has 1 aromatic heterocycles. The Morgan fingerprint density at radius 3 is 2.71 bits per heavy atom. The summed E-state index contributed by atoms with van der Waals surface area (Å²) in [4.78, 5) is 17.9. The number of nitrogens with two attached hydrogens (primary N) is 1. The van der Waals surface area contributed by atoms with Gasteiger partial charge in [0.25, 0.3) is 5.91 Å². The van der Waals surface area contributed by atoms with Gasteiger partial charge in [-0.1, -0.05) is 26.3 Å². The Bertz CT molecular complexity index is 361. The standard InChI is InChI=1S/C13H21N3O/c1-4-10(2)9-16(3)13(17)12-6-5-11(7-14)8-15-12/h5-6,8,10H,4,7,9,14H2,1-3H3. The smallest absolute Gasteiger partial charge is 0.272 e. The van der Waals surface area contributed by atoms with Crippen LogP contribution in [0.3, 0.4) is 0 Å². The number of carbonyl (C=O) groups excluding carboxylic acids is 1. The van der Waals surface area contributed by atoms with Gasteiger partial charge in [-0.15, -0.1) is 0 Å². The highest BCUT2D eigenvalue weighted by Gasteiger charge is 2.14. The van der Waals surface area contributed by atoms with E-state index in [-0.39, 0.29) is 5.91 Å². The normalized spacial score (nSPS) is 12.2. The van der Waals surface area contributed by atoms with Crippen molar-refractivity contribution in [3.05, 3.63) is 29.6 Å². The molecule has 94 valence electrons. The number of hydrogen-bond donors (Lipinski definition) is 1. The van der Waals surface area contributed by atoms with Crippen molar-refractivity contribution in [2.75, 3.05) is 13.6 Å². The minimum atomic E-state index is -0.0335. The molecule has 1 rings (SSSR count). The van der Waals surface area contributed by atoms with E-state index in [1.165, 1.54) is 0 Å². The summed E-state index contributed by atoms with van der Waals surface area (Å²) in [5.74, 6) is 0.473. The molecule has 0 aromatic carbocycles. The minimum Gasteiger partial charge on any atom is -0.340 e. The molecule has 0 aliphatic heterocycles. The van der Waals surface area contributed by atoms with Crippen LogP contribution in [0.1, 0.15) is 36.3 Å². The summed E-state index contributed by atoms with van der Waals surface area (Å²) in [6.07, 6.45) is 2.72. The Labute approximate surface area is 103 Å². The maximum Gasteiger partial charge on any atom is 0.272 e. The molecule has 1 unspecified atom stereocenters. The molecular weight excluding hydrogens is 214 g/mol. The largest absolute Gasteiger partial charge is 0.340 e. The van der Waals surface area contributed by atoms with Crippen LogP contribution in [0.15, 0.2) is 18.3 Å². The fourth-order valence-electron chi connectivity index (χ4n) is 1.55. The van der Waals surface area contributed by atoms with Crippen LogP contribution in [0.2, 0.25) is 0 Å². The topological polar surface area (TPSA) is 59.2 Å². The molecule has 0 fully saturated rings. The van der Waals surface area contributed by atoms with Crippen LogP contribution in [0.4, 0.5) is 0 Å². The summed E-state index contributed by atoms with van der Waals surface area (Å²) in [5.41, 5.74) is 6.90. The molecule has 0 aliphatic carbocycles. The Morgan fingerprint density at radius 2 is 2.24 bits per heavy atom. The number of rotatable bonds is 5. The van der Waals surface area contributed by atoms with Crippen molar-refractivity contribution in [3.8, 4) is 0 Å². The zero-order chi connectivity index (χ0) is 12.8. The van der Waals surface area contributed by atoms with Gasteiger partial charge >= 0.3 is 0 Å². The average molecular weight is 235 g/mol. The average Bonchev–Trinajstić information content (AvgIpc) is 2.37. The maximum absolute atomic E-state index is 12.0. The monoisotopic (exact) mass is 235 g/mol. The molecule has 1 atom stereocenters. The lowest BCUT2D eigenvalue weighted by Crippen LogP contribution is -2.31. The summed E-state index contributed by atoms with van der Waals surface area (Å²) < 4.78 is 0. The Morgan fingerprint density at radius 1 is 1.53 bits per heavy atom. The van der Waals surface area contributed by atoms with Crippen LogP contribution in [0.5, 0.6) is 0 Å². The van der Waals surface area contributed by atoms with Gasteiger partial charge < -0.3 is 10.6 Å². The molecule has 0 spiro atoms. The molecule has 1 amide bonds. The summed E-state index contributed by atoms with van der Waals surface area (Å²) in [5, 5.41) is 0. The van der Waals surface area contributed by atoms with Crippen molar-refractivity contribution in [2.24, 2.45) is 11.7 Å². The molecule has 4 heteroatoms. The summed E-state index contributed by atoms with van der Waals surface area (Å²) in [7, 11) is 1.81. The number of amides is 1. The molecule has 2 N–H and O–H groups in total. The Hall–Kier alpha value is -1.42. The third-order valence-corrected chi connectivity index (χ3v) is 2.91. The molecular formula is C13H21N3O. The van der Waals surface area contributed by atoms with E-state index < -0.39 is 0 Å². The first-order valence-corrected chi connectivity index (χ1v) is 5.99. The van der Waals surface area contributed by atoms with Gasteiger partial charge in [0.2, 0.25) is 0 Å². The van der Waals surface area contributed by atoms with E-state index in [1.807, 2.05) is 13.1 Å². The summed E-state index contributed by atoms with van der Waals surface area (Å²) >= 11 is 0. The predicted octanol–water partition coefficient (Wildman–Crippen LogP) is 1.66. The highest BCUT2D eigenvalue weighted by atomic mass is 16.2. The predicted molar refractivity (Wildman–Crippen MR) is 68.5 cm³/mol. The summed E-state index contributed by atoms with van der Waals surface area (Å²) in [6.45, 7) is 5.46. The third-order valence-electron chi connectivity index (χ3n) is 2.91. The first kappa shape index (κ1) is 13.6. The fourth-order valence-corrected chi connectivity index (χ4v) is 1.55. The number of nitrogens with zero attached hydrogens (tertiary/aromatic N) is 2. The zero-order valence-corrected chi connectivity index (χ0v) is 10.8. The van der Waals surface area contributed by atoms with E-state index in [0.717, 1.165) is 18.5 Å². The molecule has 4 nitrogen and oxygen atoms in total. The Balaban J connectivity index is 2.67. The lowest BCUT2D eigenvalue weighted by molar-refractivity contribution is 0.0769. The molecule has 1 aromatic rings. The molecule has 17 heavy (non-hydrogen) atoms. The molecule has 0 bridgehead atoms. The van der Waals surface area contributed by atoms with Crippen LogP contribution < -0.4 is 5.73 Å². The maximum atomic E-state index is 12.0. The molecule has 0 aliphatic rings.